The van der Waals surface area contributed by atoms with E-state index in [2.05, 4.69) is 5.32 Å². The fraction of sp³-hybridized carbons (Fsp3) is 0.500. The van der Waals surface area contributed by atoms with Crippen LogP contribution in [0.3, 0.4) is 0 Å². The van der Waals surface area contributed by atoms with Crippen LogP contribution in [-0.4, -0.2) is 22.8 Å². The standard InChI is InChI=1S/C10H14N2O2/c1-11-7-3-2-6-12(10(7)14)8-4-5-9(8)13/h2-3,6,8-9,11,13H,4-5H2,1H3/t8-,9+/m0/s1. The largest absolute Gasteiger partial charge is 0.391 e. The number of pyridine rings is 1. The summed E-state index contributed by atoms with van der Waals surface area (Å²) in [6.45, 7) is 0. The lowest BCUT2D eigenvalue weighted by Gasteiger charge is -2.33. The van der Waals surface area contributed by atoms with Gasteiger partial charge in [0, 0.05) is 13.2 Å². The third kappa shape index (κ3) is 1.32. The van der Waals surface area contributed by atoms with Crippen LogP contribution < -0.4 is 10.9 Å². The van der Waals surface area contributed by atoms with Crippen molar-refractivity contribution in [3.05, 3.63) is 28.7 Å². The monoisotopic (exact) mass is 194 g/mol. The van der Waals surface area contributed by atoms with E-state index in [4.69, 9.17) is 0 Å². The van der Waals surface area contributed by atoms with Crippen LogP contribution in [0, 0.1) is 0 Å². The van der Waals surface area contributed by atoms with Crippen LogP contribution in [0.2, 0.25) is 0 Å². The first-order valence-electron chi connectivity index (χ1n) is 4.81. The van der Waals surface area contributed by atoms with E-state index in [0.29, 0.717) is 5.69 Å². The molecule has 14 heavy (non-hydrogen) atoms. The molecule has 1 aliphatic rings. The summed E-state index contributed by atoms with van der Waals surface area (Å²) in [5.74, 6) is 0. The highest BCUT2D eigenvalue weighted by Gasteiger charge is 2.31. The summed E-state index contributed by atoms with van der Waals surface area (Å²) in [5, 5.41) is 12.3. The molecule has 1 saturated carbocycles. The Hall–Kier alpha value is -1.29. The van der Waals surface area contributed by atoms with E-state index in [1.165, 1.54) is 0 Å². The zero-order chi connectivity index (χ0) is 10.1. The summed E-state index contributed by atoms with van der Waals surface area (Å²) < 4.78 is 1.61. The van der Waals surface area contributed by atoms with E-state index in [9.17, 15) is 9.90 Å². The van der Waals surface area contributed by atoms with Gasteiger partial charge in [-0.05, 0) is 25.0 Å². The SMILES string of the molecule is CNc1cccn([C@H]2CC[C@H]2O)c1=O. The first-order valence-corrected chi connectivity index (χ1v) is 4.81. The highest BCUT2D eigenvalue weighted by Crippen LogP contribution is 2.30. The highest BCUT2D eigenvalue weighted by molar-refractivity contribution is 5.39. The number of aliphatic hydroxyl groups excluding tert-OH is 1. The van der Waals surface area contributed by atoms with Crippen molar-refractivity contribution in [2.45, 2.75) is 25.0 Å². The van der Waals surface area contributed by atoms with Crippen LogP contribution in [-0.2, 0) is 0 Å². The smallest absolute Gasteiger partial charge is 0.274 e. The molecule has 1 heterocycles. The van der Waals surface area contributed by atoms with Crippen molar-refractivity contribution in [1.29, 1.82) is 0 Å². The van der Waals surface area contributed by atoms with E-state index >= 15 is 0 Å². The van der Waals surface area contributed by atoms with E-state index in [1.807, 2.05) is 6.07 Å². The predicted octanol–water partition coefficient (Wildman–Crippen LogP) is 0.586. The van der Waals surface area contributed by atoms with Crippen molar-refractivity contribution in [3.8, 4) is 0 Å². The Morgan fingerprint density at radius 2 is 2.36 bits per heavy atom. The summed E-state index contributed by atoms with van der Waals surface area (Å²) in [7, 11) is 1.72. The van der Waals surface area contributed by atoms with Crippen LogP contribution in [0.5, 0.6) is 0 Å². The van der Waals surface area contributed by atoms with Gasteiger partial charge in [0.05, 0.1) is 12.1 Å². The van der Waals surface area contributed by atoms with Crippen LogP contribution in [0.15, 0.2) is 23.1 Å². The van der Waals surface area contributed by atoms with Crippen LogP contribution in [0.4, 0.5) is 5.69 Å². The van der Waals surface area contributed by atoms with Gasteiger partial charge in [0.2, 0.25) is 0 Å². The van der Waals surface area contributed by atoms with Gasteiger partial charge >= 0.3 is 0 Å². The summed E-state index contributed by atoms with van der Waals surface area (Å²) in [6, 6.07) is 3.53. The number of nitrogens with one attached hydrogen (secondary N) is 1. The summed E-state index contributed by atoms with van der Waals surface area (Å²) >= 11 is 0. The van der Waals surface area contributed by atoms with E-state index in [-0.39, 0.29) is 17.7 Å². The van der Waals surface area contributed by atoms with Crippen molar-refractivity contribution in [1.82, 2.24) is 4.57 Å². The van der Waals surface area contributed by atoms with Crippen LogP contribution in [0.1, 0.15) is 18.9 Å². The highest BCUT2D eigenvalue weighted by atomic mass is 16.3. The van der Waals surface area contributed by atoms with E-state index in [0.717, 1.165) is 12.8 Å². The first kappa shape index (κ1) is 9.27. The van der Waals surface area contributed by atoms with Crippen molar-refractivity contribution in [3.63, 3.8) is 0 Å². The van der Waals surface area contributed by atoms with Crippen molar-refractivity contribution in [2.24, 2.45) is 0 Å². The van der Waals surface area contributed by atoms with Crippen molar-refractivity contribution in [2.75, 3.05) is 12.4 Å². The van der Waals surface area contributed by atoms with Crippen molar-refractivity contribution >= 4 is 5.69 Å². The van der Waals surface area contributed by atoms with Gasteiger partial charge in [-0.3, -0.25) is 4.79 Å². The molecule has 2 N–H and O–H groups in total. The van der Waals surface area contributed by atoms with E-state index < -0.39 is 0 Å². The zero-order valence-corrected chi connectivity index (χ0v) is 8.10. The number of hydrogen-bond acceptors (Lipinski definition) is 3. The van der Waals surface area contributed by atoms with Crippen LogP contribution in [0.25, 0.3) is 0 Å². The normalized spacial score (nSPS) is 25.6. The van der Waals surface area contributed by atoms with Gasteiger partial charge < -0.3 is 15.0 Å². The Kier molecular flexibility index (Phi) is 2.29. The topological polar surface area (TPSA) is 54.3 Å². The molecule has 0 amide bonds. The second-order valence-electron chi connectivity index (χ2n) is 3.60. The average Bonchev–Trinajstić information content (AvgIpc) is 2.19. The van der Waals surface area contributed by atoms with Gasteiger partial charge in [0.1, 0.15) is 5.69 Å². The maximum atomic E-state index is 11.8. The molecule has 0 spiro atoms. The third-order valence-corrected chi connectivity index (χ3v) is 2.80. The molecule has 0 aromatic carbocycles. The Labute approximate surface area is 82.2 Å². The van der Waals surface area contributed by atoms with Gasteiger partial charge in [-0.2, -0.15) is 0 Å². The molecule has 4 nitrogen and oxygen atoms in total. The van der Waals surface area contributed by atoms with E-state index in [1.54, 1.807) is 23.9 Å². The lowest BCUT2D eigenvalue weighted by atomic mass is 9.89. The fourth-order valence-corrected chi connectivity index (χ4v) is 1.75. The lowest BCUT2D eigenvalue weighted by molar-refractivity contribution is 0.0300. The number of rotatable bonds is 2. The molecule has 0 aliphatic heterocycles. The van der Waals surface area contributed by atoms with Gasteiger partial charge in [-0.15, -0.1) is 0 Å². The molecule has 1 fully saturated rings. The number of hydrogen-bond donors (Lipinski definition) is 2. The van der Waals surface area contributed by atoms with Gasteiger partial charge in [-0.1, -0.05) is 0 Å². The molecule has 0 bridgehead atoms. The quantitative estimate of drug-likeness (QED) is 0.724. The molecule has 0 radical (unpaired) electrons. The zero-order valence-electron chi connectivity index (χ0n) is 8.10. The third-order valence-electron chi connectivity index (χ3n) is 2.80. The van der Waals surface area contributed by atoms with Crippen molar-refractivity contribution < 1.29 is 5.11 Å². The van der Waals surface area contributed by atoms with Crippen LogP contribution >= 0.6 is 0 Å². The summed E-state index contributed by atoms with van der Waals surface area (Å²) in [4.78, 5) is 11.8. The second kappa shape index (κ2) is 3.46. The number of anilines is 1. The Bertz CT molecular complexity index is 386. The molecular formula is C10H14N2O2. The minimum Gasteiger partial charge on any atom is -0.391 e. The Morgan fingerprint density at radius 1 is 1.57 bits per heavy atom. The lowest BCUT2D eigenvalue weighted by Crippen LogP contribution is -2.39. The number of aliphatic hydroxyl groups is 1. The fourth-order valence-electron chi connectivity index (χ4n) is 1.75. The van der Waals surface area contributed by atoms with Gasteiger partial charge in [0.25, 0.3) is 5.56 Å². The second-order valence-corrected chi connectivity index (χ2v) is 3.60. The maximum Gasteiger partial charge on any atom is 0.274 e. The molecule has 2 atom stereocenters. The Morgan fingerprint density at radius 3 is 2.86 bits per heavy atom. The molecule has 76 valence electrons. The Balaban J connectivity index is 2.38. The van der Waals surface area contributed by atoms with Gasteiger partial charge in [-0.25, -0.2) is 0 Å². The summed E-state index contributed by atoms with van der Waals surface area (Å²) in [6.07, 6.45) is 3.05. The summed E-state index contributed by atoms with van der Waals surface area (Å²) in [5.41, 5.74) is 0.519. The number of aromatic nitrogens is 1. The molecule has 4 heteroatoms. The van der Waals surface area contributed by atoms with Gasteiger partial charge in [0.15, 0.2) is 0 Å². The number of nitrogens with zero attached hydrogens (tertiary/aromatic N) is 1. The minimum atomic E-state index is -0.361. The molecule has 1 aromatic heterocycles. The molecular weight excluding hydrogens is 180 g/mol. The molecule has 0 saturated heterocycles. The average molecular weight is 194 g/mol. The minimum absolute atomic E-state index is 0.0317. The predicted molar refractivity (Wildman–Crippen MR) is 54.5 cm³/mol. The molecule has 1 aromatic rings. The maximum absolute atomic E-state index is 11.8. The molecule has 0 unspecified atom stereocenters. The first-order chi connectivity index (χ1) is 6.74. The molecule has 1 aliphatic carbocycles. The molecule has 2 rings (SSSR count).